The Balaban J connectivity index is 1.69. The molecule has 0 fully saturated rings. The highest BCUT2D eigenvalue weighted by Gasteiger charge is 2.16. The van der Waals surface area contributed by atoms with Crippen molar-refractivity contribution in [3.8, 4) is 11.5 Å². The fourth-order valence-electron chi connectivity index (χ4n) is 2.07. The van der Waals surface area contributed by atoms with Gasteiger partial charge in [0, 0.05) is 30.8 Å². The number of amides is 1. The molecular weight excluding hydrogens is 256 g/mol. The predicted octanol–water partition coefficient (Wildman–Crippen LogP) is 1.65. The summed E-state index contributed by atoms with van der Waals surface area (Å²) in [6, 6.07) is 11.2. The summed E-state index contributed by atoms with van der Waals surface area (Å²) in [5.41, 5.74) is 1.74. The SMILES string of the molecule is Cc1cccc[n+]1CC(=O)Nc1ccc2c(c1)OCO2. The standard InChI is InChI=1S/C15H14N2O3/c1-11-4-2-3-7-17(11)9-15(18)16-12-5-6-13-14(8-12)20-10-19-13/h2-8H,9-10H2,1H3/p+1. The fourth-order valence-corrected chi connectivity index (χ4v) is 2.07. The molecule has 0 aliphatic carbocycles. The summed E-state index contributed by atoms with van der Waals surface area (Å²) in [6.07, 6.45) is 1.88. The summed E-state index contributed by atoms with van der Waals surface area (Å²) in [5, 5.41) is 2.85. The molecule has 5 nitrogen and oxygen atoms in total. The summed E-state index contributed by atoms with van der Waals surface area (Å²) in [7, 11) is 0. The molecule has 0 bridgehead atoms. The van der Waals surface area contributed by atoms with E-state index in [2.05, 4.69) is 5.32 Å². The van der Waals surface area contributed by atoms with E-state index < -0.39 is 0 Å². The smallest absolute Gasteiger partial charge is 0.290 e. The summed E-state index contributed by atoms with van der Waals surface area (Å²) >= 11 is 0. The van der Waals surface area contributed by atoms with Crippen LogP contribution in [0, 0.1) is 6.92 Å². The molecule has 1 aliphatic heterocycles. The zero-order valence-electron chi connectivity index (χ0n) is 11.1. The second-order valence-corrected chi connectivity index (χ2v) is 4.59. The highest BCUT2D eigenvalue weighted by molar-refractivity contribution is 5.90. The molecule has 5 heteroatoms. The molecule has 1 aromatic carbocycles. The third-order valence-corrected chi connectivity index (χ3v) is 3.14. The maximum absolute atomic E-state index is 12.0. The monoisotopic (exact) mass is 271 g/mol. The molecule has 3 rings (SSSR count). The number of aryl methyl sites for hydroxylation is 1. The molecule has 2 aromatic rings. The second-order valence-electron chi connectivity index (χ2n) is 4.59. The van der Waals surface area contributed by atoms with Crippen LogP contribution < -0.4 is 19.4 Å². The van der Waals surface area contributed by atoms with Gasteiger partial charge in [-0.05, 0) is 12.1 Å². The van der Waals surface area contributed by atoms with E-state index in [9.17, 15) is 4.79 Å². The van der Waals surface area contributed by atoms with E-state index in [1.54, 1.807) is 18.2 Å². The maximum Gasteiger partial charge on any atom is 0.290 e. The Bertz CT molecular complexity index is 655. The van der Waals surface area contributed by atoms with Gasteiger partial charge in [0.2, 0.25) is 13.3 Å². The molecule has 0 saturated carbocycles. The quantitative estimate of drug-likeness (QED) is 0.864. The summed E-state index contributed by atoms with van der Waals surface area (Å²) in [6.45, 7) is 2.47. The highest BCUT2D eigenvalue weighted by Crippen LogP contribution is 2.34. The molecule has 0 saturated heterocycles. The van der Waals surface area contributed by atoms with Gasteiger partial charge in [-0.3, -0.25) is 4.79 Å². The number of anilines is 1. The number of nitrogens with one attached hydrogen (secondary N) is 1. The van der Waals surface area contributed by atoms with Gasteiger partial charge in [-0.2, -0.15) is 4.57 Å². The van der Waals surface area contributed by atoms with Gasteiger partial charge in [-0.1, -0.05) is 6.07 Å². The Kier molecular flexibility index (Phi) is 3.25. The first kappa shape index (κ1) is 12.5. The molecule has 1 N–H and O–H groups in total. The largest absolute Gasteiger partial charge is 0.454 e. The number of pyridine rings is 1. The van der Waals surface area contributed by atoms with Crippen molar-refractivity contribution < 1.29 is 18.8 Å². The number of fused-ring (bicyclic) bond motifs is 1. The summed E-state index contributed by atoms with van der Waals surface area (Å²) in [4.78, 5) is 12.0. The van der Waals surface area contributed by atoms with Crippen LogP contribution >= 0.6 is 0 Å². The van der Waals surface area contributed by atoms with Crippen LogP contribution in [0.5, 0.6) is 11.5 Å². The number of carbonyl (C=O) groups is 1. The molecule has 0 unspecified atom stereocenters. The molecule has 0 spiro atoms. The van der Waals surface area contributed by atoms with Gasteiger partial charge in [0.25, 0.3) is 5.91 Å². The highest BCUT2D eigenvalue weighted by atomic mass is 16.7. The average molecular weight is 271 g/mol. The van der Waals surface area contributed by atoms with Crippen molar-refractivity contribution in [2.75, 3.05) is 12.1 Å². The first-order valence-electron chi connectivity index (χ1n) is 6.37. The number of rotatable bonds is 3. The van der Waals surface area contributed by atoms with Crippen molar-refractivity contribution in [2.45, 2.75) is 13.5 Å². The number of benzene rings is 1. The van der Waals surface area contributed by atoms with E-state index in [-0.39, 0.29) is 19.2 Å². The Labute approximate surface area is 116 Å². The number of ether oxygens (including phenoxy) is 2. The van der Waals surface area contributed by atoms with Crippen LogP contribution in [0.15, 0.2) is 42.6 Å². The van der Waals surface area contributed by atoms with Crippen LogP contribution in [-0.2, 0) is 11.3 Å². The van der Waals surface area contributed by atoms with Crippen LogP contribution in [0.4, 0.5) is 5.69 Å². The number of nitrogens with zero attached hydrogens (tertiary/aromatic N) is 1. The van der Waals surface area contributed by atoms with Gasteiger partial charge >= 0.3 is 0 Å². The predicted molar refractivity (Wildman–Crippen MR) is 72.6 cm³/mol. The lowest BCUT2D eigenvalue weighted by Gasteiger charge is -2.05. The fraction of sp³-hybridized carbons (Fsp3) is 0.200. The maximum atomic E-state index is 12.0. The molecule has 1 amide bonds. The van der Waals surface area contributed by atoms with Gasteiger partial charge in [0.05, 0.1) is 0 Å². The Hall–Kier alpha value is -2.56. The molecule has 1 aromatic heterocycles. The lowest BCUT2D eigenvalue weighted by Crippen LogP contribution is -2.42. The molecule has 0 radical (unpaired) electrons. The zero-order chi connectivity index (χ0) is 13.9. The number of aromatic nitrogens is 1. The molecule has 20 heavy (non-hydrogen) atoms. The van der Waals surface area contributed by atoms with Gasteiger partial charge in [0.1, 0.15) is 0 Å². The van der Waals surface area contributed by atoms with E-state index in [0.717, 1.165) is 5.69 Å². The minimum absolute atomic E-state index is 0.0804. The minimum atomic E-state index is -0.0804. The Morgan fingerprint density at radius 2 is 2.10 bits per heavy atom. The van der Waals surface area contributed by atoms with Crippen molar-refractivity contribution in [2.24, 2.45) is 0 Å². The van der Waals surface area contributed by atoms with Gasteiger partial charge in [-0.25, -0.2) is 0 Å². The number of hydrogen-bond acceptors (Lipinski definition) is 3. The Morgan fingerprint density at radius 3 is 2.95 bits per heavy atom. The second kappa shape index (κ2) is 5.21. The summed E-state index contributed by atoms with van der Waals surface area (Å²) < 4.78 is 12.4. The molecule has 0 atom stereocenters. The summed E-state index contributed by atoms with van der Waals surface area (Å²) in [5.74, 6) is 1.28. The van der Waals surface area contributed by atoms with Crippen LogP contribution in [0.1, 0.15) is 5.69 Å². The normalized spacial score (nSPS) is 12.2. The third kappa shape index (κ3) is 2.56. The van der Waals surface area contributed by atoms with Gasteiger partial charge in [0.15, 0.2) is 23.4 Å². The van der Waals surface area contributed by atoms with Crippen LogP contribution in [-0.4, -0.2) is 12.7 Å². The third-order valence-electron chi connectivity index (χ3n) is 3.14. The lowest BCUT2D eigenvalue weighted by atomic mass is 10.2. The van der Waals surface area contributed by atoms with Gasteiger partial charge < -0.3 is 14.8 Å². The van der Waals surface area contributed by atoms with E-state index in [0.29, 0.717) is 17.2 Å². The van der Waals surface area contributed by atoms with Crippen LogP contribution in [0.25, 0.3) is 0 Å². The lowest BCUT2D eigenvalue weighted by molar-refractivity contribution is -0.690. The van der Waals surface area contributed by atoms with E-state index in [1.165, 1.54) is 0 Å². The molecule has 1 aliphatic rings. The molecule has 2 heterocycles. The number of carbonyl (C=O) groups excluding carboxylic acids is 1. The van der Waals surface area contributed by atoms with Crippen molar-refractivity contribution in [3.05, 3.63) is 48.3 Å². The van der Waals surface area contributed by atoms with E-state index in [1.807, 2.05) is 35.9 Å². The molecular formula is C15H15N2O3+. The topological polar surface area (TPSA) is 51.4 Å². The zero-order valence-corrected chi connectivity index (χ0v) is 11.1. The first-order valence-corrected chi connectivity index (χ1v) is 6.37. The molecule has 102 valence electrons. The van der Waals surface area contributed by atoms with E-state index in [4.69, 9.17) is 9.47 Å². The average Bonchev–Trinajstić information content (AvgIpc) is 2.89. The minimum Gasteiger partial charge on any atom is -0.454 e. The van der Waals surface area contributed by atoms with Crippen molar-refractivity contribution in [1.82, 2.24) is 0 Å². The first-order chi connectivity index (χ1) is 9.72. The van der Waals surface area contributed by atoms with Crippen molar-refractivity contribution in [1.29, 1.82) is 0 Å². The van der Waals surface area contributed by atoms with E-state index >= 15 is 0 Å². The van der Waals surface area contributed by atoms with Crippen molar-refractivity contribution in [3.63, 3.8) is 0 Å². The Morgan fingerprint density at radius 1 is 1.25 bits per heavy atom. The van der Waals surface area contributed by atoms with Crippen LogP contribution in [0.3, 0.4) is 0 Å². The van der Waals surface area contributed by atoms with Crippen molar-refractivity contribution >= 4 is 11.6 Å². The van der Waals surface area contributed by atoms with Crippen LogP contribution in [0.2, 0.25) is 0 Å². The van der Waals surface area contributed by atoms with Gasteiger partial charge in [-0.15, -0.1) is 0 Å². The number of hydrogen-bond donors (Lipinski definition) is 1.